The van der Waals surface area contributed by atoms with E-state index in [1.165, 1.54) is 0 Å². The fraction of sp³-hybridized carbons (Fsp3) is 0.200. The number of aliphatic hydroxyl groups is 1. The molecule has 4 heteroatoms. The van der Waals surface area contributed by atoms with Crippen molar-refractivity contribution in [2.45, 2.75) is 6.10 Å². The molecule has 0 aromatic heterocycles. The summed E-state index contributed by atoms with van der Waals surface area (Å²) in [6.45, 7) is 0. The molecule has 0 bridgehead atoms. The Kier molecular flexibility index (Phi) is 4.30. The van der Waals surface area contributed by atoms with E-state index in [0.717, 1.165) is 5.56 Å². The first-order valence-electron chi connectivity index (χ1n) is 5.81. The largest absolute Gasteiger partial charge is 0.493 e. The fourth-order valence-electron chi connectivity index (χ4n) is 1.95. The molecule has 19 heavy (non-hydrogen) atoms. The average Bonchev–Trinajstić information content (AvgIpc) is 2.46. The van der Waals surface area contributed by atoms with Gasteiger partial charge in [0.2, 0.25) is 0 Å². The molecule has 2 rings (SSSR count). The zero-order chi connectivity index (χ0) is 13.8. The molecule has 0 amide bonds. The molecule has 0 radical (unpaired) electrons. The van der Waals surface area contributed by atoms with Gasteiger partial charge >= 0.3 is 0 Å². The van der Waals surface area contributed by atoms with Crippen molar-refractivity contribution in [2.75, 3.05) is 14.2 Å². The van der Waals surface area contributed by atoms with E-state index in [0.29, 0.717) is 22.1 Å². The van der Waals surface area contributed by atoms with Crippen LogP contribution in [0, 0.1) is 0 Å². The minimum atomic E-state index is -0.790. The van der Waals surface area contributed by atoms with E-state index in [-0.39, 0.29) is 0 Å². The van der Waals surface area contributed by atoms with Gasteiger partial charge in [-0.05, 0) is 23.8 Å². The maximum absolute atomic E-state index is 10.4. The Morgan fingerprint density at radius 3 is 2.26 bits per heavy atom. The smallest absolute Gasteiger partial charge is 0.166 e. The zero-order valence-electron chi connectivity index (χ0n) is 10.8. The van der Waals surface area contributed by atoms with E-state index in [1.807, 2.05) is 6.07 Å². The van der Waals surface area contributed by atoms with Crippen molar-refractivity contribution in [3.8, 4) is 11.5 Å². The summed E-state index contributed by atoms with van der Waals surface area (Å²) in [7, 11) is 3.12. The van der Waals surface area contributed by atoms with Gasteiger partial charge in [-0.2, -0.15) is 0 Å². The summed E-state index contributed by atoms with van der Waals surface area (Å²) >= 11 is 5.84. The maximum atomic E-state index is 10.4. The Labute approximate surface area is 117 Å². The molecule has 1 atom stereocenters. The first-order chi connectivity index (χ1) is 9.17. The minimum Gasteiger partial charge on any atom is -0.493 e. The number of hydrogen-bond acceptors (Lipinski definition) is 3. The van der Waals surface area contributed by atoms with Crippen molar-refractivity contribution in [3.05, 3.63) is 58.6 Å². The zero-order valence-corrected chi connectivity index (χ0v) is 11.5. The monoisotopic (exact) mass is 278 g/mol. The minimum absolute atomic E-state index is 0.535. The third kappa shape index (κ3) is 2.83. The highest BCUT2D eigenvalue weighted by atomic mass is 35.5. The van der Waals surface area contributed by atoms with Crippen LogP contribution in [0.5, 0.6) is 11.5 Å². The number of halogens is 1. The number of hydrogen-bond donors (Lipinski definition) is 1. The highest BCUT2D eigenvalue weighted by molar-refractivity contribution is 6.30. The van der Waals surface area contributed by atoms with Crippen LogP contribution in [-0.4, -0.2) is 19.3 Å². The second kappa shape index (κ2) is 5.95. The second-order valence-corrected chi connectivity index (χ2v) is 4.47. The number of benzene rings is 2. The van der Waals surface area contributed by atoms with Crippen LogP contribution in [0.4, 0.5) is 0 Å². The van der Waals surface area contributed by atoms with Crippen molar-refractivity contribution in [3.63, 3.8) is 0 Å². The Bertz CT molecular complexity index is 552. The van der Waals surface area contributed by atoms with E-state index in [2.05, 4.69) is 0 Å². The summed E-state index contributed by atoms with van der Waals surface area (Å²) < 4.78 is 10.5. The van der Waals surface area contributed by atoms with Crippen molar-refractivity contribution in [1.29, 1.82) is 0 Å². The Morgan fingerprint density at radius 1 is 1.00 bits per heavy atom. The Hall–Kier alpha value is -1.71. The Morgan fingerprint density at radius 2 is 1.68 bits per heavy atom. The molecule has 0 heterocycles. The van der Waals surface area contributed by atoms with Gasteiger partial charge in [0.1, 0.15) is 6.10 Å². The summed E-state index contributed by atoms with van der Waals surface area (Å²) in [6, 6.07) is 12.5. The van der Waals surface area contributed by atoms with Crippen LogP contribution in [0.15, 0.2) is 42.5 Å². The maximum Gasteiger partial charge on any atom is 0.166 e. The number of methoxy groups -OCH3 is 2. The van der Waals surface area contributed by atoms with Gasteiger partial charge in [-0.1, -0.05) is 35.9 Å². The molecule has 100 valence electrons. The molecular weight excluding hydrogens is 264 g/mol. The van der Waals surface area contributed by atoms with Gasteiger partial charge in [0, 0.05) is 10.6 Å². The van der Waals surface area contributed by atoms with E-state index in [1.54, 1.807) is 50.6 Å². The molecule has 0 saturated carbocycles. The molecule has 0 aliphatic heterocycles. The first kappa shape index (κ1) is 13.7. The van der Waals surface area contributed by atoms with Gasteiger partial charge in [-0.15, -0.1) is 0 Å². The van der Waals surface area contributed by atoms with Crippen molar-refractivity contribution in [2.24, 2.45) is 0 Å². The quantitative estimate of drug-likeness (QED) is 0.931. The van der Waals surface area contributed by atoms with Crippen LogP contribution in [-0.2, 0) is 0 Å². The van der Waals surface area contributed by atoms with Crippen molar-refractivity contribution >= 4 is 11.6 Å². The van der Waals surface area contributed by atoms with Gasteiger partial charge < -0.3 is 14.6 Å². The summed E-state index contributed by atoms with van der Waals surface area (Å²) in [6.07, 6.45) is -0.790. The van der Waals surface area contributed by atoms with Crippen LogP contribution in [0.25, 0.3) is 0 Å². The molecular formula is C15H15ClO3. The van der Waals surface area contributed by atoms with Crippen LogP contribution >= 0.6 is 11.6 Å². The number of ether oxygens (including phenoxy) is 2. The molecule has 3 nitrogen and oxygen atoms in total. The number of rotatable bonds is 4. The number of para-hydroxylation sites is 1. The summed E-state index contributed by atoms with van der Waals surface area (Å²) in [5, 5.41) is 11.1. The summed E-state index contributed by atoms with van der Waals surface area (Å²) in [5.41, 5.74) is 1.40. The summed E-state index contributed by atoms with van der Waals surface area (Å²) in [4.78, 5) is 0. The van der Waals surface area contributed by atoms with Crippen molar-refractivity contribution in [1.82, 2.24) is 0 Å². The predicted octanol–water partition coefficient (Wildman–Crippen LogP) is 3.44. The molecule has 0 aliphatic rings. The highest BCUT2D eigenvalue weighted by Crippen LogP contribution is 2.37. The van der Waals surface area contributed by atoms with Crippen molar-refractivity contribution < 1.29 is 14.6 Å². The SMILES string of the molecule is COc1cccc(C(O)c2ccc(Cl)cc2)c1OC. The third-order valence-corrected chi connectivity index (χ3v) is 3.17. The van der Waals surface area contributed by atoms with Gasteiger partial charge in [0.25, 0.3) is 0 Å². The van der Waals surface area contributed by atoms with Gasteiger partial charge in [0.15, 0.2) is 11.5 Å². The van der Waals surface area contributed by atoms with Crippen LogP contribution < -0.4 is 9.47 Å². The predicted molar refractivity (Wildman–Crippen MR) is 75.1 cm³/mol. The normalized spacial score (nSPS) is 12.0. The number of aliphatic hydroxyl groups excluding tert-OH is 1. The molecule has 2 aromatic rings. The fourth-order valence-corrected chi connectivity index (χ4v) is 2.08. The molecule has 2 aromatic carbocycles. The topological polar surface area (TPSA) is 38.7 Å². The van der Waals surface area contributed by atoms with Gasteiger partial charge in [-0.3, -0.25) is 0 Å². The molecule has 0 aliphatic carbocycles. The van der Waals surface area contributed by atoms with E-state index >= 15 is 0 Å². The lowest BCUT2D eigenvalue weighted by atomic mass is 10.0. The third-order valence-electron chi connectivity index (χ3n) is 2.91. The first-order valence-corrected chi connectivity index (χ1v) is 6.19. The molecule has 1 N–H and O–H groups in total. The van der Waals surface area contributed by atoms with Crippen LogP contribution in [0.3, 0.4) is 0 Å². The lowest BCUT2D eigenvalue weighted by Crippen LogP contribution is -2.03. The van der Waals surface area contributed by atoms with Gasteiger partial charge in [0.05, 0.1) is 14.2 Å². The van der Waals surface area contributed by atoms with E-state index < -0.39 is 6.10 Å². The van der Waals surface area contributed by atoms with Gasteiger partial charge in [-0.25, -0.2) is 0 Å². The molecule has 0 spiro atoms. The Balaban J connectivity index is 2.43. The van der Waals surface area contributed by atoms with E-state index in [4.69, 9.17) is 21.1 Å². The molecule has 1 unspecified atom stereocenters. The molecule has 0 saturated heterocycles. The lowest BCUT2D eigenvalue weighted by molar-refractivity contribution is 0.213. The second-order valence-electron chi connectivity index (χ2n) is 4.04. The molecule has 0 fully saturated rings. The highest BCUT2D eigenvalue weighted by Gasteiger charge is 2.18. The standard InChI is InChI=1S/C15H15ClO3/c1-18-13-5-3-4-12(15(13)19-2)14(17)10-6-8-11(16)9-7-10/h3-9,14,17H,1-2H3. The van der Waals surface area contributed by atoms with Crippen LogP contribution in [0.1, 0.15) is 17.2 Å². The van der Waals surface area contributed by atoms with E-state index in [9.17, 15) is 5.11 Å². The summed E-state index contributed by atoms with van der Waals surface area (Å²) in [5.74, 6) is 1.13. The average molecular weight is 279 g/mol. The lowest BCUT2D eigenvalue weighted by Gasteiger charge is -2.17. The van der Waals surface area contributed by atoms with Crippen LogP contribution in [0.2, 0.25) is 5.02 Å².